The number of pyridine rings is 2. The van der Waals surface area contributed by atoms with Crippen molar-refractivity contribution >= 4 is 24.0 Å². The smallest absolute Gasteiger partial charge is 0.328 e. The Labute approximate surface area is 191 Å². The average Bonchev–Trinajstić information content (AvgIpc) is 3.25. The molecule has 1 atom stereocenters. The van der Waals surface area contributed by atoms with E-state index < -0.39 is 6.03 Å². The standard InChI is InChI=1S/C23H26N6O4/c1-28-6-3-5-18(28)14-33-20-9-21(25-11-17(20)10-24)27-23(32)29-7-2-4-15-8-16(12-30)19(13-31)26-22(15)29/h8-9,11,13,18,30H,2-7,12,14H2,1H3,(H,25,27,32). The van der Waals surface area contributed by atoms with Crippen LogP contribution in [0.4, 0.5) is 16.4 Å². The van der Waals surface area contributed by atoms with Crippen molar-refractivity contribution in [3.63, 3.8) is 0 Å². The highest BCUT2D eigenvalue weighted by molar-refractivity contribution is 6.01. The van der Waals surface area contributed by atoms with Gasteiger partial charge < -0.3 is 14.7 Å². The number of aldehydes is 1. The highest BCUT2D eigenvalue weighted by Gasteiger charge is 2.26. The van der Waals surface area contributed by atoms with Crippen LogP contribution in [0.15, 0.2) is 18.3 Å². The van der Waals surface area contributed by atoms with Gasteiger partial charge in [-0.2, -0.15) is 5.26 Å². The van der Waals surface area contributed by atoms with Crippen LogP contribution in [0.3, 0.4) is 0 Å². The molecule has 2 aliphatic rings. The molecule has 172 valence electrons. The number of aliphatic hydroxyl groups excluding tert-OH is 1. The molecule has 0 spiro atoms. The van der Waals surface area contributed by atoms with E-state index in [2.05, 4.69) is 33.3 Å². The molecule has 10 nitrogen and oxygen atoms in total. The van der Waals surface area contributed by atoms with Crippen molar-refractivity contribution in [2.24, 2.45) is 0 Å². The summed E-state index contributed by atoms with van der Waals surface area (Å²) >= 11 is 0. The zero-order valence-electron chi connectivity index (χ0n) is 18.5. The van der Waals surface area contributed by atoms with Crippen LogP contribution in [0.1, 0.15) is 46.4 Å². The fourth-order valence-corrected chi connectivity index (χ4v) is 4.25. The molecule has 0 saturated carbocycles. The predicted molar refractivity (Wildman–Crippen MR) is 120 cm³/mol. The van der Waals surface area contributed by atoms with Gasteiger partial charge in [-0.15, -0.1) is 0 Å². The van der Waals surface area contributed by atoms with E-state index in [0.29, 0.717) is 48.6 Å². The molecule has 1 unspecified atom stereocenters. The number of aliphatic hydroxyl groups is 1. The number of anilines is 2. The second-order valence-corrected chi connectivity index (χ2v) is 8.24. The van der Waals surface area contributed by atoms with E-state index in [1.165, 1.54) is 11.1 Å². The number of rotatable bonds is 6. The van der Waals surface area contributed by atoms with Crippen molar-refractivity contribution in [3.8, 4) is 11.8 Å². The van der Waals surface area contributed by atoms with Gasteiger partial charge in [0.1, 0.15) is 41.3 Å². The van der Waals surface area contributed by atoms with Crippen LogP contribution in [0, 0.1) is 11.3 Å². The van der Waals surface area contributed by atoms with Gasteiger partial charge in [0.15, 0.2) is 6.29 Å². The minimum absolute atomic E-state index is 0.111. The van der Waals surface area contributed by atoms with Crippen LogP contribution >= 0.6 is 0 Å². The van der Waals surface area contributed by atoms with E-state index in [0.717, 1.165) is 31.4 Å². The van der Waals surface area contributed by atoms with E-state index in [1.807, 2.05) is 0 Å². The maximum atomic E-state index is 13.0. The summed E-state index contributed by atoms with van der Waals surface area (Å²) in [5.74, 6) is 1.02. The second kappa shape index (κ2) is 9.94. The number of likely N-dealkylation sites (N-methyl/N-ethyl adjacent to an activating group) is 1. The van der Waals surface area contributed by atoms with Crippen LogP contribution in [0.2, 0.25) is 0 Å². The SMILES string of the molecule is CN1CCCC1COc1cc(NC(=O)N2CCCc3cc(CO)c(C=O)nc32)ncc1C#N. The Morgan fingerprint density at radius 1 is 1.39 bits per heavy atom. The summed E-state index contributed by atoms with van der Waals surface area (Å²) in [6.07, 6.45) is 5.52. The van der Waals surface area contributed by atoms with Gasteiger partial charge in [0.2, 0.25) is 0 Å². The van der Waals surface area contributed by atoms with E-state index in [1.54, 1.807) is 12.1 Å². The van der Waals surface area contributed by atoms with Crippen LogP contribution in [-0.2, 0) is 13.0 Å². The number of amides is 2. The average molecular weight is 450 g/mol. The van der Waals surface area contributed by atoms with Crippen LogP contribution in [-0.4, -0.2) is 65.1 Å². The van der Waals surface area contributed by atoms with E-state index in [-0.39, 0.29) is 24.2 Å². The minimum Gasteiger partial charge on any atom is -0.490 e. The number of hydrogen-bond donors (Lipinski definition) is 2. The van der Waals surface area contributed by atoms with Gasteiger partial charge in [-0.05, 0) is 50.9 Å². The molecule has 0 aliphatic carbocycles. The Morgan fingerprint density at radius 3 is 2.94 bits per heavy atom. The molecule has 1 fully saturated rings. The van der Waals surface area contributed by atoms with Crippen LogP contribution < -0.4 is 15.0 Å². The Bertz CT molecular complexity index is 1100. The number of aryl methyl sites for hydroxylation is 1. The molecule has 2 aromatic rings. The van der Waals surface area contributed by atoms with E-state index in [4.69, 9.17) is 4.74 Å². The Hall–Kier alpha value is -3.55. The topological polar surface area (TPSA) is 132 Å². The molecule has 0 bridgehead atoms. The number of ether oxygens (including phenoxy) is 1. The lowest BCUT2D eigenvalue weighted by atomic mass is 10.0. The predicted octanol–water partition coefficient (Wildman–Crippen LogP) is 2.11. The van der Waals surface area contributed by atoms with Gasteiger partial charge in [0.05, 0.1) is 12.8 Å². The van der Waals surface area contributed by atoms with Crippen LogP contribution in [0.5, 0.6) is 5.75 Å². The lowest BCUT2D eigenvalue weighted by Gasteiger charge is -2.29. The van der Waals surface area contributed by atoms with Crippen LogP contribution in [0.25, 0.3) is 0 Å². The van der Waals surface area contributed by atoms with Crippen molar-refractivity contribution in [1.82, 2.24) is 14.9 Å². The number of fused-ring (bicyclic) bond motifs is 1. The number of nitriles is 1. The fraction of sp³-hybridized carbons (Fsp3) is 0.435. The maximum absolute atomic E-state index is 13.0. The third kappa shape index (κ3) is 4.79. The zero-order chi connectivity index (χ0) is 23.4. The molecule has 2 aliphatic heterocycles. The number of carbonyl (C=O) groups is 2. The van der Waals surface area contributed by atoms with Crippen molar-refractivity contribution in [2.45, 2.75) is 38.3 Å². The monoisotopic (exact) mass is 450 g/mol. The minimum atomic E-state index is -0.448. The maximum Gasteiger partial charge on any atom is 0.328 e. The summed E-state index contributed by atoms with van der Waals surface area (Å²) in [6, 6.07) is 5.18. The summed E-state index contributed by atoms with van der Waals surface area (Å²) in [4.78, 5) is 36.6. The zero-order valence-corrected chi connectivity index (χ0v) is 18.5. The molecular weight excluding hydrogens is 424 g/mol. The third-order valence-corrected chi connectivity index (χ3v) is 6.13. The first-order valence-corrected chi connectivity index (χ1v) is 10.9. The fourth-order valence-electron chi connectivity index (χ4n) is 4.25. The summed E-state index contributed by atoms with van der Waals surface area (Å²) < 4.78 is 5.92. The number of nitrogens with zero attached hydrogens (tertiary/aromatic N) is 5. The largest absolute Gasteiger partial charge is 0.490 e. The normalized spacial score (nSPS) is 17.8. The molecule has 33 heavy (non-hydrogen) atoms. The quantitative estimate of drug-likeness (QED) is 0.640. The summed E-state index contributed by atoms with van der Waals surface area (Å²) in [5.41, 5.74) is 1.64. The molecule has 4 heterocycles. The molecule has 0 aromatic carbocycles. The Kier molecular flexibility index (Phi) is 6.82. The molecule has 1 saturated heterocycles. The van der Waals surface area contributed by atoms with Crippen molar-refractivity contribution in [2.75, 3.05) is 37.0 Å². The number of likely N-dealkylation sites (tertiary alicyclic amines) is 1. The Balaban J connectivity index is 1.52. The Morgan fingerprint density at radius 2 is 2.24 bits per heavy atom. The molecular formula is C23H26N6O4. The summed E-state index contributed by atoms with van der Waals surface area (Å²) in [5, 5.41) is 21.6. The summed E-state index contributed by atoms with van der Waals surface area (Å²) in [6.45, 7) is 1.60. The first-order valence-electron chi connectivity index (χ1n) is 10.9. The number of nitrogens with one attached hydrogen (secondary N) is 1. The highest BCUT2D eigenvalue weighted by Crippen LogP contribution is 2.28. The van der Waals surface area contributed by atoms with Gasteiger partial charge in [0.25, 0.3) is 0 Å². The van der Waals surface area contributed by atoms with E-state index in [9.17, 15) is 20.0 Å². The molecule has 0 radical (unpaired) electrons. The number of hydrogen-bond acceptors (Lipinski definition) is 8. The van der Waals surface area contributed by atoms with Gasteiger partial charge in [-0.1, -0.05) is 0 Å². The lowest BCUT2D eigenvalue weighted by molar-refractivity contribution is 0.111. The van der Waals surface area contributed by atoms with Gasteiger partial charge in [-0.3, -0.25) is 15.0 Å². The number of urea groups is 1. The van der Waals surface area contributed by atoms with Gasteiger partial charge in [-0.25, -0.2) is 14.8 Å². The highest BCUT2D eigenvalue weighted by atomic mass is 16.5. The molecule has 10 heteroatoms. The molecule has 2 N–H and O–H groups in total. The first kappa shape index (κ1) is 22.6. The summed E-state index contributed by atoms with van der Waals surface area (Å²) in [7, 11) is 2.05. The van der Waals surface area contributed by atoms with Crippen molar-refractivity contribution < 1.29 is 19.4 Å². The number of aromatic nitrogens is 2. The first-order chi connectivity index (χ1) is 16.0. The van der Waals surface area contributed by atoms with Crippen molar-refractivity contribution in [3.05, 3.63) is 40.7 Å². The molecule has 2 aromatic heterocycles. The van der Waals surface area contributed by atoms with Crippen molar-refractivity contribution in [1.29, 1.82) is 5.26 Å². The van der Waals surface area contributed by atoms with Gasteiger partial charge in [0, 0.05) is 24.2 Å². The number of carbonyl (C=O) groups excluding carboxylic acids is 2. The second-order valence-electron chi connectivity index (χ2n) is 8.24. The third-order valence-electron chi connectivity index (χ3n) is 6.13. The van der Waals surface area contributed by atoms with Gasteiger partial charge >= 0.3 is 6.03 Å². The molecule has 4 rings (SSSR count). The lowest BCUT2D eigenvalue weighted by Crippen LogP contribution is -2.40. The molecule has 2 amide bonds. The van der Waals surface area contributed by atoms with E-state index >= 15 is 0 Å².